The van der Waals surface area contributed by atoms with Gasteiger partial charge in [-0.3, -0.25) is 9.69 Å². The van der Waals surface area contributed by atoms with E-state index in [1.54, 1.807) is 0 Å². The molecule has 19 heavy (non-hydrogen) atoms. The van der Waals surface area contributed by atoms with E-state index >= 15 is 0 Å². The van der Waals surface area contributed by atoms with Crippen LogP contribution in [0.1, 0.15) is 32.6 Å². The fourth-order valence-corrected chi connectivity index (χ4v) is 2.37. The summed E-state index contributed by atoms with van der Waals surface area (Å²) in [6, 6.07) is 0. The first-order valence-corrected chi connectivity index (χ1v) is 7.59. The Labute approximate surface area is 117 Å². The van der Waals surface area contributed by atoms with Gasteiger partial charge in [0.15, 0.2) is 0 Å². The number of carbonyl (C=O) groups is 1. The lowest BCUT2D eigenvalue weighted by atomic mass is 10.2. The van der Waals surface area contributed by atoms with E-state index in [2.05, 4.69) is 17.1 Å². The third-order valence-corrected chi connectivity index (χ3v) is 3.57. The molecule has 0 aliphatic carbocycles. The number of aliphatic hydroxyl groups is 1. The van der Waals surface area contributed by atoms with Gasteiger partial charge in [0, 0.05) is 39.3 Å². The van der Waals surface area contributed by atoms with Gasteiger partial charge in [0.05, 0.1) is 13.2 Å². The summed E-state index contributed by atoms with van der Waals surface area (Å²) in [5.74, 6) is 0.160. The minimum Gasteiger partial charge on any atom is -0.395 e. The molecule has 1 amide bonds. The van der Waals surface area contributed by atoms with Gasteiger partial charge in [-0.25, -0.2) is 0 Å². The summed E-state index contributed by atoms with van der Waals surface area (Å²) in [6.07, 6.45) is 4.63. The molecule has 5 heteroatoms. The van der Waals surface area contributed by atoms with E-state index in [-0.39, 0.29) is 12.5 Å². The number of hydrogen-bond donors (Lipinski definition) is 2. The Kier molecular flexibility index (Phi) is 8.79. The zero-order valence-electron chi connectivity index (χ0n) is 12.2. The van der Waals surface area contributed by atoms with E-state index in [0.717, 1.165) is 39.1 Å². The standard InChI is InChI=1S/C14H29N3O2/c1-2-3-4-5-8-17(11-12-18)14(19)13-16-9-6-15-7-10-16/h15,18H,2-13H2,1H3. The summed E-state index contributed by atoms with van der Waals surface area (Å²) in [7, 11) is 0. The van der Waals surface area contributed by atoms with Crippen molar-refractivity contribution in [3.05, 3.63) is 0 Å². The van der Waals surface area contributed by atoms with Gasteiger partial charge < -0.3 is 15.3 Å². The number of rotatable bonds is 9. The van der Waals surface area contributed by atoms with Crippen LogP contribution in [0.4, 0.5) is 0 Å². The summed E-state index contributed by atoms with van der Waals surface area (Å²) in [4.78, 5) is 16.2. The lowest BCUT2D eigenvalue weighted by Gasteiger charge is -2.29. The first-order valence-electron chi connectivity index (χ1n) is 7.59. The highest BCUT2D eigenvalue weighted by Gasteiger charge is 2.18. The van der Waals surface area contributed by atoms with Crippen LogP contribution >= 0.6 is 0 Å². The van der Waals surface area contributed by atoms with Gasteiger partial charge in [0.25, 0.3) is 0 Å². The Bertz CT molecular complexity index is 243. The number of amides is 1. The molecule has 0 aromatic carbocycles. The number of nitrogens with zero attached hydrogens (tertiary/aromatic N) is 2. The third-order valence-electron chi connectivity index (χ3n) is 3.57. The Morgan fingerprint density at radius 3 is 2.58 bits per heavy atom. The van der Waals surface area contributed by atoms with Crippen molar-refractivity contribution in [2.24, 2.45) is 0 Å². The average molecular weight is 271 g/mol. The zero-order valence-corrected chi connectivity index (χ0v) is 12.2. The summed E-state index contributed by atoms with van der Waals surface area (Å²) < 4.78 is 0. The van der Waals surface area contributed by atoms with Crippen molar-refractivity contribution in [3.8, 4) is 0 Å². The van der Waals surface area contributed by atoms with E-state index in [0.29, 0.717) is 13.1 Å². The summed E-state index contributed by atoms with van der Waals surface area (Å²) in [6.45, 7) is 7.79. The smallest absolute Gasteiger partial charge is 0.236 e. The first kappa shape index (κ1) is 16.4. The molecule has 0 atom stereocenters. The summed E-state index contributed by atoms with van der Waals surface area (Å²) >= 11 is 0. The summed E-state index contributed by atoms with van der Waals surface area (Å²) in [5, 5.41) is 12.4. The molecule has 1 aliphatic heterocycles. The minimum atomic E-state index is 0.0566. The van der Waals surface area contributed by atoms with Crippen LogP contribution in [0.15, 0.2) is 0 Å². The minimum absolute atomic E-state index is 0.0566. The maximum absolute atomic E-state index is 12.2. The van der Waals surface area contributed by atoms with Gasteiger partial charge >= 0.3 is 0 Å². The SMILES string of the molecule is CCCCCCN(CCO)C(=O)CN1CCNCC1. The van der Waals surface area contributed by atoms with E-state index in [1.165, 1.54) is 19.3 Å². The fourth-order valence-electron chi connectivity index (χ4n) is 2.37. The molecule has 1 aliphatic rings. The Balaban J connectivity index is 2.29. The Morgan fingerprint density at radius 1 is 1.21 bits per heavy atom. The molecule has 0 bridgehead atoms. The van der Waals surface area contributed by atoms with E-state index in [4.69, 9.17) is 5.11 Å². The van der Waals surface area contributed by atoms with Crippen LogP contribution in [-0.4, -0.2) is 73.2 Å². The van der Waals surface area contributed by atoms with Crippen molar-refractivity contribution in [2.75, 3.05) is 52.4 Å². The molecule has 0 aromatic heterocycles. The molecule has 0 spiro atoms. The number of piperazine rings is 1. The second kappa shape index (κ2) is 10.2. The molecule has 0 unspecified atom stereocenters. The molecule has 1 fully saturated rings. The van der Waals surface area contributed by atoms with E-state index in [1.807, 2.05) is 4.90 Å². The second-order valence-electron chi connectivity index (χ2n) is 5.19. The molecular formula is C14H29N3O2. The molecule has 0 aromatic rings. The van der Waals surface area contributed by atoms with Crippen LogP contribution in [0.3, 0.4) is 0 Å². The molecular weight excluding hydrogens is 242 g/mol. The Morgan fingerprint density at radius 2 is 1.95 bits per heavy atom. The Hall–Kier alpha value is -0.650. The maximum Gasteiger partial charge on any atom is 0.236 e. The summed E-state index contributed by atoms with van der Waals surface area (Å²) in [5.41, 5.74) is 0. The molecule has 2 N–H and O–H groups in total. The highest BCUT2D eigenvalue weighted by atomic mass is 16.3. The normalized spacial score (nSPS) is 16.5. The molecule has 0 radical (unpaired) electrons. The van der Waals surface area contributed by atoms with Crippen LogP contribution in [0, 0.1) is 0 Å². The second-order valence-corrected chi connectivity index (χ2v) is 5.19. The third kappa shape index (κ3) is 6.89. The van der Waals surface area contributed by atoms with Crippen LogP contribution in [0.25, 0.3) is 0 Å². The topological polar surface area (TPSA) is 55.8 Å². The number of nitrogens with one attached hydrogen (secondary N) is 1. The van der Waals surface area contributed by atoms with Crippen molar-refractivity contribution < 1.29 is 9.90 Å². The number of carbonyl (C=O) groups excluding carboxylic acids is 1. The van der Waals surface area contributed by atoms with Gasteiger partial charge in [-0.05, 0) is 6.42 Å². The van der Waals surface area contributed by atoms with E-state index < -0.39 is 0 Å². The molecule has 0 saturated carbocycles. The zero-order chi connectivity index (χ0) is 13.9. The highest BCUT2D eigenvalue weighted by Crippen LogP contribution is 2.03. The quantitative estimate of drug-likeness (QED) is 0.592. The van der Waals surface area contributed by atoms with Gasteiger partial charge in [-0.1, -0.05) is 26.2 Å². The number of unbranched alkanes of at least 4 members (excludes halogenated alkanes) is 3. The van der Waals surface area contributed by atoms with Crippen LogP contribution in [0.2, 0.25) is 0 Å². The van der Waals surface area contributed by atoms with Gasteiger partial charge in [-0.15, -0.1) is 0 Å². The fraction of sp³-hybridized carbons (Fsp3) is 0.929. The van der Waals surface area contributed by atoms with Crippen LogP contribution in [0.5, 0.6) is 0 Å². The largest absolute Gasteiger partial charge is 0.395 e. The number of hydrogen-bond acceptors (Lipinski definition) is 4. The monoisotopic (exact) mass is 271 g/mol. The molecule has 1 rings (SSSR count). The lowest BCUT2D eigenvalue weighted by molar-refractivity contribution is -0.133. The van der Waals surface area contributed by atoms with E-state index in [9.17, 15) is 4.79 Å². The first-order chi connectivity index (χ1) is 9.27. The van der Waals surface area contributed by atoms with Crippen LogP contribution < -0.4 is 5.32 Å². The van der Waals surface area contributed by atoms with Crippen molar-refractivity contribution in [2.45, 2.75) is 32.6 Å². The van der Waals surface area contributed by atoms with Gasteiger partial charge in [0.2, 0.25) is 5.91 Å². The van der Waals surface area contributed by atoms with Crippen molar-refractivity contribution >= 4 is 5.91 Å². The predicted molar refractivity (Wildman–Crippen MR) is 77.1 cm³/mol. The predicted octanol–water partition coefficient (Wildman–Crippen LogP) is 0.293. The van der Waals surface area contributed by atoms with Crippen molar-refractivity contribution in [3.63, 3.8) is 0 Å². The lowest BCUT2D eigenvalue weighted by Crippen LogP contribution is -2.49. The van der Waals surface area contributed by atoms with Crippen molar-refractivity contribution in [1.29, 1.82) is 0 Å². The molecule has 1 heterocycles. The van der Waals surface area contributed by atoms with Crippen LogP contribution in [-0.2, 0) is 4.79 Å². The number of aliphatic hydroxyl groups excluding tert-OH is 1. The molecule has 1 saturated heterocycles. The molecule has 5 nitrogen and oxygen atoms in total. The molecule has 112 valence electrons. The maximum atomic E-state index is 12.2. The highest BCUT2D eigenvalue weighted by molar-refractivity contribution is 5.78. The average Bonchev–Trinajstić information content (AvgIpc) is 2.43. The van der Waals surface area contributed by atoms with Gasteiger partial charge in [0.1, 0.15) is 0 Å². The van der Waals surface area contributed by atoms with Gasteiger partial charge in [-0.2, -0.15) is 0 Å². The van der Waals surface area contributed by atoms with Crippen molar-refractivity contribution in [1.82, 2.24) is 15.1 Å².